The average Bonchev–Trinajstić information content (AvgIpc) is 3.10. The Hall–Kier alpha value is -1.63. The van der Waals surface area contributed by atoms with Crippen LogP contribution in [0.2, 0.25) is 0 Å². The highest BCUT2D eigenvalue weighted by molar-refractivity contribution is 9.10. The first kappa shape index (κ1) is 13.4. The molecule has 20 heavy (non-hydrogen) atoms. The van der Waals surface area contributed by atoms with Gasteiger partial charge in [0.2, 0.25) is 5.91 Å². The zero-order chi connectivity index (χ0) is 13.9. The Morgan fingerprint density at radius 2 is 2.25 bits per heavy atom. The molecule has 1 amide bonds. The van der Waals surface area contributed by atoms with Gasteiger partial charge < -0.3 is 9.42 Å². The van der Waals surface area contributed by atoms with Gasteiger partial charge in [-0.05, 0) is 28.8 Å². The molecule has 0 atom stereocenters. The fourth-order valence-electron chi connectivity index (χ4n) is 2.49. The van der Waals surface area contributed by atoms with E-state index in [1.165, 1.54) is 6.26 Å². The van der Waals surface area contributed by atoms with Crippen LogP contribution < -0.4 is 0 Å². The van der Waals surface area contributed by atoms with Crippen LogP contribution >= 0.6 is 15.9 Å². The molecule has 1 aliphatic heterocycles. The van der Waals surface area contributed by atoms with Crippen molar-refractivity contribution in [1.82, 2.24) is 19.8 Å². The molecule has 0 spiro atoms. The number of aromatic nitrogens is 3. The fourth-order valence-corrected chi connectivity index (χ4v) is 2.79. The van der Waals surface area contributed by atoms with Crippen LogP contribution in [-0.2, 0) is 11.2 Å². The summed E-state index contributed by atoms with van der Waals surface area (Å²) < 4.78 is 7.71. The van der Waals surface area contributed by atoms with Crippen molar-refractivity contribution in [2.75, 3.05) is 13.1 Å². The van der Waals surface area contributed by atoms with E-state index in [2.05, 4.69) is 26.2 Å². The van der Waals surface area contributed by atoms with Crippen LogP contribution in [0.25, 0.3) is 0 Å². The Balaban J connectivity index is 1.54. The lowest BCUT2D eigenvalue weighted by Gasteiger charge is -2.32. The molecule has 3 rings (SSSR count). The van der Waals surface area contributed by atoms with E-state index in [0.29, 0.717) is 18.2 Å². The molecule has 1 fully saturated rings. The standard InChI is InChI=1S/C13H15BrN4O2/c14-10-8-15-18(9-10)12-1-4-17(5-2-12)13(19)7-11-3-6-20-16-11/h3,6,8-9,12H,1-2,4-5,7H2. The maximum Gasteiger partial charge on any atom is 0.228 e. The molecule has 2 aromatic heterocycles. The van der Waals surface area contributed by atoms with Crippen molar-refractivity contribution in [3.63, 3.8) is 0 Å². The van der Waals surface area contributed by atoms with E-state index in [1.54, 1.807) is 12.3 Å². The molecule has 0 aliphatic carbocycles. The quantitative estimate of drug-likeness (QED) is 0.858. The number of amides is 1. The van der Waals surface area contributed by atoms with Crippen LogP contribution in [0.5, 0.6) is 0 Å². The summed E-state index contributed by atoms with van der Waals surface area (Å²) in [5.41, 5.74) is 0.688. The zero-order valence-electron chi connectivity index (χ0n) is 10.9. The highest BCUT2D eigenvalue weighted by atomic mass is 79.9. The second kappa shape index (κ2) is 5.78. The summed E-state index contributed by atoms with van der Waals surface area (Å²) in [6.07, 6.45) is 7.44. The average molecular weight is 339 g/mol. The largest absolute Gasteiger partial charge is 0.364 e. The molecule has 0 radical (unpaired) electrons. The molecule has 3 heterocycles. The normalized spacial score (nSPS) is 16.6. The minimum atomic E-state index is 0.110. The van der Waals surface area contributed by atoms with Crippen molar-refractivity contribution in [2.24, 2.45) is 0 Å². The Labute approximate surface area is 124 Å². The predicted molar refractivity (Wildman–Crippen MR) is 75.0 cm³/mol. The molecule has 6 nitrogen and oxygen atoms in total. The van der Waals surface area contributed by atoms with Crippen LogP contribution in [-0.4, -0.2) is 38.8 Å². The molecule has 0 saturated carbocycles. The minimum absolute atomic E-state index is 0.110. The number of hydrogen-bond acceptors (Lipinski definition) is 4. The third kappa shape index (κ3) is 2.92. The van der Waals surface area contributed by atoms with Gasteiger partial charge in [0.15, 0.2) is 0 Å². The van der Waals surface area contributed by atoms with Crippen molar-refractivity contribution < 1.29 is 9.32 Å². The molecule has 0 unspecified atom stereocenters. The second-order valence-corrected chi connectivity index (χ2v) is 5.83. The third-order valence-electron chi connectivity index (χ3n) is 3.58. The van der Waals surface area contributed by atoms with Gasteiger partial charge in [0.05, 0.1) is 28.8 Å². The summed E-state index contributed by atoms with van der Waals surface area (Å²) in [6, 6.07) is 2.10. The molecule has 106 valence electrons. The Kier molecular flexibility index (Phi) is 3.86. The summed E-state index contributed by atoms with van der Waals surface area (Å²) in [4.78, 5) is 14.0. The van der Waals surface area contributed by atoms with Crippen LogP contribution in [0.3, 0.4) is 0 Å². The maximum atomic E-state index is 12.1. The molecule has 7 heteroatoms. The van der Waals surface area contributed by atoms with Gasteiger partial charge >= 0.3 is 0 Å². The van der Waals surface area contributed by atoms with Gasteiger partial charge in [-0.25, -0.2) is 0 Å². The summed E-state index contributed by atoms with van der Waals surface area (Å²) in [6.45, 7) is 1.53. The minimum Gasteiger partial charge on any atom is -0.364 e. The lowest BCUT2D eigenvalue weighted by atomic mass is 10.0. The number of nitrogens with zero attached hydrogens (tertiary/aromatic N) is 4. The lowest BCUT2D eigenvalue weighted by Crippen LogP contribution is -2.40. The van der Waals surface area contributed by atoms with E-state index >= 15 is 0 Å². The van der Waals surface area contributed by atoms with Gasteiger partial charge in [0, 0.05) is 25.4 Å². The van der Waals surface area contributed by atoms with Gasteiger partial charge in [-0.2, -0.15) is 5.10 Å². The Morgan fingerprint density at radius 1 is 1.45 bits per heavy atom. The van der Waals surface area contributed by atoms with Crippen LogP contribution in [0.4, 0.5) is 0 Å². The number of rotatable bonds is 3. The smallest absolute Gasteiger partial charge is 0.228 e. The first-order chi connectivity index (χ1) is 9.72. The van der Waals surface area contributed by atoms with Crippen molar-refractivity contribution in [2.45, 2.75) is 25.3 Å². The Morgan fingerprint density at radius 3 is 2.85 bits per heavy atom. The highest BCUT2D eigenvalue weighted by Crippen LogP contribution is 2.23. The molecule has 2 aromatic rings. The number of piperidine rings is 1. The summed E-state index contributed by atoms with van der Waals surface area (Å²) in [5.74, 6) is 0.110. The summed E-state index contributed by atoms with van der Waals surface area (Å²) in [7, 11) is 0. The van der Waals surface area contributed by atoms with E-state index in [1.807, 2.05) is 15.8 Å². The lowest BCUT2D eigenvalue weighted by molar-refractivity contribution is -0.131. The number of hydrogen-bond donors (Lipinski definition) is 0. The highest BCUT2D eigenvalue weighted by Gasteiger charge is 2.24. The first-order valence-corrected chi connectivity index (χ1v) is 7.38. The summed E-state index contributed by atoms with van der Waals surface area (Å²) >= 11 is 3.40. The van der Waals surface area contributed by atoms with E-state index in [4.69, 9.17) is 4.52 Å². The van der Waals surface area contributed by atoms with E-state index in [9.17, 15) is 4.79 Å². The van der Waals surface area contributed by atoms with Crippen molar-refractivity contribution in [3.8, 4) is 0 Å². The van der Waals surface area contributed by atoms with Crippen LogP contribution in [0.15, 0.2) is 33.7 Å². The summed E-state index contributed by atoms with van der Waals surface area (Å²) in [5, 5.41) is 8.09. The van der Waals surface area contributed by atoms with Crippen molar-refractivity contribution in [1.29, 1.82) is 0 Å². The predicted octanol–water partition coefficient (Wildman–Crippen LogP) is 2.04. The molecular weight excluding hydrogens is 324 g/mol. The van der Waals surface area contributed by atoms with Gasteiger partial charge in [0.1, 0.15) is 6.26 Å². The second-order valence-electron chi connectivity index (χ2n) is 4.92. The SMILES string of the molecule is O=C(Cc1ccon1)N1CCC(n2cc(Br)cn2)CC1. The number of halogens is 1. The van der Waals surface area contributed by atoms with E-state index < -0.39 is 0 Å². The van der Waals surface area contributed by atoms with Crippen molar-refractivity contribution >= 4 is 21.8 Å². The van der Waals surface area contributed by atoms with Gasteiger partial charge in [-0.3, -0.25) is 9.48 Å². The van der Waals surface area contributed by atoms with E-state index in [-0.39, 0.29) is 5.91 Å². The fraction of sp³-hybridized carbons (Fsp3) is 0.462. The Bertz CT molecular complexity index is 573. The van der Waals surface area contributed by atoms with Crippen LogP contribution in [0, 0.1) is 0 Å². The van der Waals surface area contributed by atoms with Gasteiger partial charge in [0.25, 0.3) is 0 Å². The molecule has 0 aromatic carbocycles. The van der Waals surface area contributed by atoms with Crippen molar-refractivity contribution in [3.05, 3.63) is 34.9 Å². The maximum absolute atomic E-state index is 12.1. The van der Waals surface area contributed by atoms with E-state index in [0.717, 1.165) is 30.4 Å². The third-order valence-corrected chi connectivity index (χ3v) is 3.99. The molecular formula is C13H15BrN4O2. The molecule has 0 N–H and O–H groups in total. The zero-order valence-corrected chi connectivity index (χ0v) is 12.5. The first-order valence-electron chi connectivity index (χ1n) is 6.59. The number of carbonyl (C=O) groups excluding carboxylic acids is 1. The molecule has 1 saturated heterocycles. The number of carbonyl (C=O) groups is 1. The monoisotopic (exact) mass is 338 g/mol. The molecule has 0 bridgehead atoms. The molecule has 1 aliphatic rings. The van der Waals surface area contributed by atoms with Crippen LogP contribution in [0.1, 0.15) is 24.6 Å². The van der Waals surface area contributed by atoms with Gasteiger partial charge in [-0.1, -0.05) is 5.16 Å². The topological polar surface area (TPSA) is 64.2 Å². The number of likely N-dealkylation sites (tertiary alicyclic amines) is 1. The van der Waals surface area contributed by atoms with Gasteiger partial charge in [-0.15, -0.1) is 0 Å².